The van der Waals surface area contributed by atoms with Gasteiger partial charge in [0.25, 0.3) is 0 Å². The van der Waals surface area contributed by atoms with Gasteiger partial charge in [0.15, 0.2) is 0 Å². The van der Waals surface area contributed by atoms with Crippen molar-refractivity contribution in [2.24, 2.45) is 11.8 Å². The number of benzene rings is 1. The van der Waals surface area contributed by atoms with E-state index >= 15 is 0 Å². The zero-order chi connectivity index (χ0) is 12.8. The number of anilines is 1. The third kappa shape index (κ3) is 4.59. The maximum Gasteiger partial charge on any atom is 0.0494 e. The number of rotatable bonds is 6. The maximum atomic E-state index is 6.02. The monoisotopic (exact) mass is 253 g/mol. The number of alkyl halides is 1. The smallest absolute Gasteiger partial charge is 0.0494 e. The van der Waals surface area contributed by atoms with Crippen molar-refractivity contribution in [2.75, 3.05) is 18.0 Å². The molecule has 0 saturated carbocycles. The second-order valence-electron chi connectivity index (χ2n) is 5.46. The van der Waals surface area contributed by atoms with Gasteiger partial charge in [-0.15, -0.1) is 11.6 Å². The van der Waals surface area contributed by atoms with E-state index in [1.807, 2.05) is 0 Å². The van der Waals surface area contributed by atoms with Crippen LogP contribution in [0.2, 0.25) is 0 Å². The molecular formula is C15H24ClN. The molecule has 0 amide bonds. The summed E-state index contributed by atoms with van der Waals surface area (Å²) in [6.07, 6.45) is 0. The van der Waals surface area contributed by atoms with Crippen LogP contribution in [0.4, 0.5) is 5.69 Å². The first-order valence-corrected chi connectivity index (χ1v) is 6.96. The van der Waals surface area contributed by atoms with Gasteiger partial charge in [0.1, 0.15) is 0 Å². The van der Waals surface area contributed by atoms with Gasteiger partial charge in [-0.05, 0) is 23.5 Å². The largest absolute Gasteiger partial charge is 0.371 e. The Kier molecular flexibility index (Phi) is 5.84. The molecule has 0 N–H and O–H groups in total. The molecule has 0 spiro atoms. The molecule has 0 heterocycles. The van der Waals surface area contributed by atoms with Crippen LogP contribution in [0.3, 0.4) is 0 Å². The second kappa shape index (κ2) is 6.90. The van der Waals surface area contributed by atoms with Crippen molar-refractivity contribution in [3.63, 3.8) is 0 Å². The molecule has 1 rings (SSSR count). The average molecular weight is 254 g/mol. The number of nitrogens with zero attached hydrogens (tertiary/aromatic N) is 1. The Labute approximate surface area is 111 Å². The first-order valence-electron chi connectivity index (χ1n) is 6.43. The third-order valence-corrected chi connectivity index (χ3v) is 2.94. The van der Waals surface area contributed by atoms with Crippen LogP contribution >= 0.6 is 11.6 Å². The summed E-state index contributed by atoms with van der Waals surface area (Å²) in [4.78, 5) is 2.47. The lowest BCUT2D eigenvalue weighted by Crippen LogP contribution is -2.31. The fraction of sp³-hybridized carbons (Fsp3) is 0.600. The molecular weight excluding hydrogens is 230 g/mol. The molecule has 0 aliphatic rings. The van der Waals surface area contributed by atoms with E-state index in [9.17, 15) is 0 Å². The van der Waals surface area contributed by atoms with Gasteiger partial charge < -0.3 is 4.90 Å². The van der Waals surface area contributed by atoms with E-state index < -0.39 is 0 Å². The van der Waals surface area contributed by atoms with Gasteiger partial charge in [-0.3, -0.25) is 0 Å². The van der Waals surface area contributed by atoms with E-state index in [1.165, 1.54) is 11.3 Å². The van der Waals surface area contributed by atoms with Crippen LogP contribution in [-0.2, 0) is 5.88 Å². The number of hydrogen-bond donors (Lipinski definition) is 0. The molecule has 0 aliphatic carbocycles. The lowest BCUT2D eigenvalue weighted by molar-refractivity contribution is 0.552. The van der Waals surface area contributed by atoms with Crippen LogP contribution in [0.25, 0.3) is 0 Å². The van der Waals surface area contributed by atoms with Gasteiger partial charge in [0.05, 0.1) is 0 Å². The van der Waals surface area contributed by atoms with E-state index in [0.717, 1.165) is 13.1 Å². The van der Waals surface area contributed by atoms with Crippen LogP contribution < -0.4 is 4.90 Å². The third-order valence-electron chi connectivity index (χ3n) is 2.65. The summed E-state index contributed by atoms with van der Waals surface area (Å²) < 4.78 is 0. The Morgan fingerprint density at radius 1 is 1.00 bits per heavy atom. The quantitative estimate of drug-likeness (QED) is 0.673. The molecule has 0 radical (unpaired) electrons. The molecule has 0 atom stereocenters. The summed E-state index contributed by atoms with van der Waals surface area (Å²) in [5.74, 6) is 1.91. The van der Waals surface area contributed by atoms with E-state index in [1.54, 1.807) is 0 Å². The molecule has 0 saturated heterocycles. The molecule has 0 bridgehead atoms. The zero-order valence-corrected chi connectivity index (χ0v) is 12.2. The van der Waals surface area contributed by atoms with E-state index in [4.69, 9.17) is 11.6 Å². The van der Waals surface area contributed by atoms with E-state index in [-0.39, 0.29) is 0 Å². The Morgan fingerprint density at radius 3 is 2.00 bits per heavy atom. The van der Waals surface area contributed by atoms with Crippen molar-refractivity contribution in [3.8, 4) is 0 Å². The van der Waals surface area contributed by atoms with Gasteiger partial charge in [-0.2, -0.15) is 0 Å². The molecule has 0 aliphatic heterocycles. The van der Waals surface area contributed by atoms with Crippen molar-refractivity contribution in [1.82, 2.24) is 0 Å². The molecule has 1 aromatic carbocycles. The standard InChI is InChI=1S/C15H24ClN/c1-12(2)10-17(11-13(3)4)15-8-6-5-7-14(15)9-16/h5-8,12-13H,9-11H2,1-4H3. The van der Waals surface area contributed by atoms with Crippen LogP contribution in [-0.4, -0.2) is 13.1 Å². The molecule has 1 aromatic rings. The van der Waals surface area contributed by atoms with E-state index in [2.05, 4.69) is 56.9 Å². The average Bonchev–Trinajstić information content (AvgIpc) is 2.27. The summed E-state index contributed by atoms with van der Waals surface area (Å²) in [6, 6.07) is 8.46. The Morgan fingerprint density at radius 2 is 1.53 bits per heavy atom. The second-order valence-corrected chi connectivity index (χ2v) is 5.72. The minimum Gasteiger partial charge on any atom is -0.371 e. The lowest BCUT2D eigenvalue weighted by Gasteiger charge is -2.30. The SMILES string of the molecule is CC(C)CN(CC(C)C)c1ccccc1CCl. The molecule has 96 valence electrons. The van der Waals surface area contributed by atoms with Gasteiger partial charge in [-0.1, -0.05) is 45.9 Å². The first-order chi connectivity index (χ1) is 8.04. The number of halogens is 1. The van der Waals surface area contributed by atoms with Crippen LogP contribution in [0.5, 0.6) is 0 Å². The highest BCUT2D eigenvalue weighted by atomic mass is 35.5. The van der Waals surface area contributed by atoms with Crippen LogP contribution in [0, 0.1) is 11.8 Å². The topological polar surface area (TPSA) is 3.24 Å². The van der Waals surface area contributed by atoms with Crippen LogP contribution in [0.1, 0.15) is 33.3 Å². The Balaban J connectivity index is 2.94. The fourth-order valence-corrected chi connectivity index (χ4v) is 2.31. The van der Waals surface area contributed by atoms with E-state index in [0.29, 0.717) is 17.7 Å². The predicted octanol–water partition coefficient (Wildman–Crippen LogP) is 4.54. The minimum atomic E-state index is 0.586. The zero-order valence-electron chi connectivity index (χ0n) is 11.4. The molecule has 0 unspecified atom stereocenters. The minimum absolute atomic E-state index is 0.586. The Bertz CT molecular complexity index is 323. The van der Waals surface area contributed by atoms with Gasteiger partial charge in [-0.25, -0.2) is 0 Å². The van der Waals surface area contributed by atoms with Crippen molar-refractivity contribution >= 4 is 17.3 Å². The van der Waals surface area contributed by atoms with Crippen molar-refractivity contribution in [2.45, 2.75) is 33.6 Å². The summed E-state index contributed by atoms with van der Waals surface area (Å²) in [7, 11) is 0. The highest BCUT2D eigenvalue weighted by molar-refractivity contribution is 6.17. The molecule has 0 aromatic heterocycles. The summed E-state index contributed by atoms with van der Waals surface area (Å²) in [5, 5.41) is 0. The summed E-state index contributed by atoms with van der Waals surface area (Å²) in [6.45, 7) is 11.2. The normalized spacial score (nSPS) is 11.2. The first kappa shape index (κ1) is 14.4. The molecule has 17 heavy (non-hydrogen) atoms. The number of hydrogen-bond acceptors (Lipinski definition) is 1. The highest BCUT2D eigenvalue weighted by Crippen LogP contribution is 2.24. The Hall–Kier alpha value is -0.690. The van der Waals surface area contributed by atoms with Crippen molar-refractivity contribution < 1.29 is 0 Å². The van der Waals surface area contributed by atoms with Gasteiger partial charge in [0, 0.05) is 24.7 Å². The summed E-state index contributed by atoms with van der Waals surface area (Å²) in [5.41, 5.74) is 2.53. The van der Waals surface area contributed by atoms with Crippen molar-refractivity contribution in [1.29, 1.82) is 0 Å². The highest BCUT2D eigenvalue weighted by Gasteiger charge is 2.13. The fourth-order valence-electron chi connectivity index (χ4n) is 2.09. The molecule has 0 fully saturated rings. The summed E-state index contributed by atoms with van der Waals surface area (Å²) >= 11 is 6.02. The van der Waals surface area contributed by atoms with Crippen molar-refractivity contribution in [3.05, 3.63) is 29.8 Å². The van der Waals surface area contributed by atoms with Crippen LogP contribution in [0.15, 0.2) is 24.3 Å². The number of para-hydroxylation sites is 1. The van der Waals surface area contributed by atoms with Gasteiger partial charge in [0.2, 0.25) is 0 Å². The van der Waals surface area contributed by atoms with Gasteiger partial charge >= 0.3 is 0 Å². The predicted molar refractivity (Wildman–Crippen MR) is 77.9 cm³/mol. The maximum absolute atomic E-state index is 6.02. The lowest BCUT2D eigenvalue weighted by atomic mass is 10.1. The molecule has 1 nitrogen and oxygen atoms in total. The molecule has 2 heteroatoms.